The molecular formula is C24H18FNO3. The number of halogens is 1. The second kappa shape index (κ2) is 8.10. The van der Waals surface area contributed by atoms with Crippen molar-refractivity contribution in [2.75, 3.05) is 0 Å². The van der Waals surface area contributed by atoms with Crippen molar-refractivity contribution in [1.29, 1.82) is 0 Å². The number of amides is 1. The Morgan fingerprint density at radius 1 is 0.862 bits per heavy atom. The number of nitrogens with zero attached hydrogens (tertiary/aromatic N) is 1. The van der Waals surface area contributed by atoms with Crippen molar-refractivity contribution in [2.24, 2.45) is 0 Å². The first-order chi connectivity index (χ1) is 14.1. The lowest BCUT2D eigenvalue weighted by molar-refractivity contribution is 0.0724. The molecule has 0 bridgehead atoms. The lowest BCUT2D eigenvalue weighted by atomic mass is 10.1. The van der Waals surface area contributed by atoms with Crippen LogP contribution in [-0.2, 0) is 13.1 Å². The van der Waals surface area contributed by atoms with Gasteiger partial charge in [0.15, 0.2) is 0 Å². The lowest BCUT2D eigenvalue weighted by Crippen LogP contribution is -2.33. The highest BCUT2D eigenvalue weighted by molar-refractivity contribution is 5.96. The quantitative estimate of drug-likeness (QED) is 0.463. The number of benzene rings is 3. The molecule has 0 N–H and O–H groups in total. The third-order valence-electron chi connectivity index (χ3n) is 4.69. The van der Waals surface area contributed by atoms with Gasteiger partial charge in [0, 0.05) is 24.0 Å². The van der Waals surface area contributed by atoms with Crippen LogP contribution in [0.3, 0.4) is 0 Å². The van der Waals surface area contributed by atoms with Gasteiger partial charge in [-0.25, -0.2) is 9.18 Å². The molecule has 4 rings (SSSR count). The number of carbonyl (C=O) groups excluding carboxylic acids is 1. The van der Waals surface area contributed by atoms with Crippen LogP contribution in [0.15, 0.2) is 94.1 Å². The van der Waals surface area contributed by atoms with Crippen molar-refractivity contribution >= 4 is 16.9 Å². The molecule has 0 aliphatic carbocycles. The number of rotatable bonds is 5. The zero-order valence-electron chi connectivity index (χ0n) is 15.5. The van der Waals surface area contributed by atoms with Crippen LogP contribution in [0, 0.1) is 5.82 Å². The summed E-state index contributed by atoms with van der Waals surface area (Å²) >= 11 is 0. The SMILES string of the molecule is O=C(c1cc2ccccc2oc1=O)N(Cc1ccccc1)Cc1ccccc1F. The highest BCUT2D eigenvalue weighted by atomic mass is 19.1. The Balaban J connectivity index is 1.73. The summed E-state index contributed by atoms with van der Waals surface area (Å²) in [5.74, 6) is -0.902. The Morgan fingerprint density at radius 3 is 2.34 bits per heavy atom. The summed E-state index contributed by atoms with van der Waals surface area (Å²) in [4.78, 5) is 27.2. The van der Waals surface area contributed by atoms with Crippen LogP contribution in [0.25, 0.3) is 11.0 Å². The molecule has 1 aromatic heterocycles. The van der Waals surface area contributed by atoms with Gasteiger partial charge in [-0.3, -0.25) is 4.79 Å². The predicted molar refractivity (Wildman–Crippen MR) is 109 cm³/mol. The van der Waals surface area contributed by atoms with Crippen LogP contribution >= 0.6 is 0 Å². The van der Waals surface area contributed by atoms with Crippen LogP contribution < -0.4 is 5.63 Å². The van der Waals surface area contributed by atoms with Crippen molar-refractivity contribution in [1.82, 2.24) is 4.90 Å². The van der Waals surface area contributed by atoms with Crippen molar-refractivity contribution in [3.8, 4) is 0 Å². The smallest absolute Gasteiger partial charge is 0.349 e. The van der Waals surface area contributed by atoms with Crippen molar-refractivity contribution in [2.45, 2.75) is 13.1 Å². The minimum atomic E-state index is -0.708. The van der Waals surface area contributed by atoms with Gasteiger partial charge in [0.25, 0.3) is 5.91 Å². The van der Waals surface area contributed by atoms with E-state index in [1.807, 2.05) is 30.3 Å². The molecule has 5 heteroatoms. The molecule has 0 aliphatic heterocycles. The average Bonchev–Trinajstić information content (AvgIpc) is 2.74. The highest BCUT2D eigenvalue weighted by Crippen LogP contribution is 2.18. The first-order valence-corrected chi connectivity index (χ1v) is 9.21. The van der Waals surface area contributed by atoms with Crippen molar-refractivity contribution in [3.05, 3.63) is 118 Å². The predicted octanol–water partition coefficient (Wildman–Crippen LogP) is 4.77. The number of para-hydroxylation sites is 1. The minimum Gasteiger partial charge on any atom is -0.422 e. The first-order valence-electron chi connectivity index (χ1n) is 9.21. The molecule has 3 aromatic carbocycles. The first kappa shape index (κ1) is 18.6. The number of hydrogen-bond donors (Lipinski definition) is 0. The van der Waals surface area contributed by atoms with Crippen LogP contribution in [0.5, 0.6) is 0 Å². The fourth-order valence-electron chi connectivity index (χ4n) is 3.22. The molecule has 0 atom stereocenters. The standard InChI is InChI=1S/C24H18FNO3/c25-21-12-6-4-11-19(21)16-26(15-17-8-2-1-3-9-17)23(27)20-14-18-10-5-7-13-22(18)29-24(20)28/h1-14H,15-16H2. The van der Waals surface area contributed by atoms with Gasteiger partial charge in [-0.15, -0.1) is 0 Å². The van der Waals surface area contributed by atoms with E-state index in [0.717, 1.165) is 5.56 Å². The van der Waals surface area contributed by atoms with Gasteiger partial charge in [-0.1, -0.05) is 66.7 Å². The topological polar surface area (TPSA) is 50.5 Å². The number of hydrogen-bond acceptors (Lipinski definition) is 3. The van der Waals surface area contributed by atoms with Gasteiger partial charge in [-0.2, -0.15) is 0 Å². The molecule has 4 nitrogen and oxygen atoms in total. The zero-order chi connectivity index (χ0) is 20.2. The lowest BCUT2D eigenvalue weighted by Gasteiger charge is -2.23. The number of fused-ring (bicyclic) bond motifs is 1. The molecule has 1 heterocycles. The second-order valence-corrected chi connectivity index (χ2v) is 6.72. The van der Waals surface area contributed by atoms with Gasteiger partial charge in [-0.05, 0) is 23.8 Å². The van der Waals surface area contributed by atoms with Crippen LogP contribution in [0.2, 0.25) is 0 Å². The molecule has 0 radical (unpaired) electrons. The van der Waals surface area contributed by atoms with E-state index < -0.39 is 17.3 Å². The van der Waals surface area contributed by atoms with E-state index in [-0.39, 0.29) is 18.7 Å². The summed E-state index contributed by atoms with van der Waals surface area (Å²) in [5.41, 5.74) is 0.887. The molecule has 0 spiro atoms. The van der Waals surface area contributed by atoms with Gasteiger partial charge < -0.3 is 9.32 Å². The van der Waals surface area contributed by atoms with Gasteiger partial charge in [0.05, 0.1) is 0 Å². The van der Waals surface area contributed by atoms with Crippen LogP contribution in [0.4, 0.5) is 4.39 Å². The Bertz CT molecular complexity index is 1220. The second-order valence-electron chi connectivity index (χ2n) is 6.72. The Labute approximate surface area is 166 Å². The molecular weight excluding hydrogens is 369 g/mol. The molecule has 0 unspecified atom stereocenters. The summed E-state index contributed by atoms with van der Waals surface area (Å²) in [6, 6.07) is 24.2. The summed E-state index contributed by atoms with van der Waals surface area (Å²) in [7, 11) is 0. The van der Waals surface area contributed by atoms with Crippen molar-refractivity contribution < 1.29 is 13.6 Å². The van der Waals surface area contributed by atoms with Crippen LogP contribution in [0.1, 0.15) is 21.5 Å². The minimum absolute atomic E-state index is 0.0344. The molecule has 0 saturated carbocycles. The maximum Gasteiger partial charge on any atom is 0.349 e. The van der Waals surface area contributed by atoms with E-state index in [1.165, 1.54) is 17.0 Å². The normalized spacial score (nSPS) is 10.8. The summed E-state index contributed by atoms with van der Waals surface area (Å²) in [6.45, 7) is 0.271. The maximum absolute atomic E-state index is 14.2. The van der Waals surface area contributed by atoms with Gasteiger partial charge in [0.2, 0.25) is 0 Å². The van der Waals surface area contributed by atoms with E-state index in [4.69, 9.17) is 4.42 Å². The Hall–Kier alpha value is -3.73. The molecule has 29 heavy (non-hydrogen) atoms. The van der Waals surface area contributed by atoms with E-state index in [1.54, 1.807) is 42.5 Å². The fourth-order valence-corrected chi connectivity index (χ4v) is 3.22. The van der Waals surface area contributed by atoms with Gasteiger partial charge >= 0.3 is 5.63 Å². The Morgan fingerprint density at radius 2 is 1.55 bits per heavy atom. The summed E-state index contributed by atoms with van der Waals surface area (Å²) in [5, 5.41) is 0.654. The number of carbonyl (C=O) groups is 1. The third-order valence-corrected chi connectivity index (χ3v) is 4.69. The molecule has 4 aromatic rings. The van der Waals surface area contributed by atoms with E-state index >= 15 is 0 Å². The zero-order valence-corrected chi connectivity index (χ0v) is 15.5. The molecule has 1 amide bonds. The largest absolute Gasteiger partial charge is 0.422 e. The molecule has 0 saturated heterocycles. The fraction of sp³-hybridized carbons (Fsp3) is 0.0833. The summed E-state index contributed by atoms with van der Waals surface area (Å²) < 4.78 is 19.5. The highest BCUT2D eigenvalue weighted by Gasteiger charge is 2.22. The monoisotopic (exact) mass is 387 g/mol. The van der Waals surface area contributed by atoms with E-state index in [9.17, 15) is 14.0 Å². The molecule has 144 valence electrons. The van der Waals surface area contributed by atoms with Gasteiger partial charge in [0.1, 0.15) is 17.0 Å². The molecule has 0 aliphatic rings. The Kier molecular flexibility index (Phi) is 5.20. The average molecular weight is 387 g/mol. The third kappa shape index (κ3) is 4.09. The molecule has 0 fully saturated rings. The van der Waals surface area contributed by atoms with E-state index in [2.05, 4.69) is 0 Å². The van der Waals surface area contributed by atoms with Crippen LogP contribution in [-0.4, -0.2) is 10.8 Å². The van der Waals surface area contributed by atoms with Crippen molar-refractivity contribution in [3.63, 3.8) is 0 Å². The van der Waals surface area contributed by atoms with E-state index in [0.29, 0.717) is 16.5 Å². The summed E-state index contributed by atoms with van der Waals surface area (Å²) in [6.07, 6.45) is 0. The maximum atomic E-state index is 14.2.